The zero-order valence-electron chi connectivity index (χ0n) is 12.6. The minimum absolute atomic E-state index is 0.488. The van der Waals surface area contributed by atoms with Gasteiger partial charge >= 0.3 is 0 Å². The van der Waals surface area contributed by atoms with E-state index in [4.69, 9.17) is 16.3 Å². The summed E-state index contributed by atoms with van der Waals surface area (Å²) >= 11 is 6.13. The lowest BCUT2D eigenvalue weighted by Gasteiger charge is -2.12. The molecule has 0 aliphatic carbocycles. The molecule has 112 valence electrons. The third-order valence-electron chi connectivity index (χ3n) is 3.52. The molecular formula is C18H22ClNO. The number of benzene rings is 2. The SMILES string of the molecule is CC[C@H](C)NCc1cccc(OCc2ccccc2Cl)c1. The van der Waals surface area contributed by atoms with Crippen molar-refractivity contribution in [2.45, 2.75) is 39.5 Å². The molecule has 2 aromatic carbocycles. The van der Waals surface area contributed by atoms with E-state index in [1.54, 1.807) is 0 Å². The molecule has 0 saturated heterocycles. The van der Waals surface area contributed by atoms with Gasteiger partial charge in [0.25, 0.3) is 0 Å². The highest BCUT2D eigenvalue weighted by Gasteiger charge is 2.02. The molecule has 2 rings (SSSR count). The quantitative estimate of drug-likeness (QED) is 0.793. The molecule has 1 atom stereocenters. The Bertz CT molecular complexity index is 571. The van der Waals surface area contributed by atoms with Crippen molar-refractivity contribution < 1.29 is 4.74 Å². The van der Waals surface area contributed by atoms with Crippen LogP contribution in [0.25, 0.3) is 0 Å². The molecule has 0 amide bonds. The summed E-state index contributed by atoms with van der Waals surface area (Å²) in [6, 6.07) is 16.5. The molecule has 0 aliphatic rings. The molecule has 3 heteroatoms. The summed E-state index contributed by atoms with van der Waals surface area (Å²) in [7, 11) is 0. The highest BCUT2D eigenvalue weighted by molar-refractivity contribution is 6.31. The average molecular weight is 304 g/mol. The zero-order valence-corrected chi connectivity index (χ0v) is 13.4. The molecule has 21 heavy (non-hydrogen) atoms. The Morgan fingerprint density at radius 1 is 1.14 bits per heavy atom. The molecule has 0 heterocycles. The van der Waals surface area contributed by atoms with Gasteiger partial charge in [0, 0.05) is 23.2 Å². The summed E-state index contributed by atoms with van der Waals surface area (Å²) in [5, 5.41) is 4.22. The predicted octanol–water partition coefficient (Wildman–Crippen LogP) is 4.81. The topological polar surface area (TPSA) is 21.3 Å². The lowest BCUT2D eigenvalue weighted by molar-refractivity contribution is 0.306. The Morgan fingerprint density at radius 3 is 2.71 bits per heavy atom. The Morgan fingerprint density at radius 2 is 1.95 bits per heavy atom. The number of rotatable bonds is 7. The van der Waals surface area contributed by atoms with Crippen LogP contribution in [-0.2, 0) is 13.2 Å². The maximum Gasteiger partial charge on any atom is 0.120 e. The Balaban J connectivity index is 1.93. The average Bonchev–Trinajstić information content (AvgIpc) is 2.52. The van der Waals surface area contributed by atoms with E-state index in [0.29, 0.717) is 12.6 Å². The van der Waals surface area contributed by atoms with E-state index in [9.17, 15) is 0 Å². The highest BCUT2D eigenvalue weighted by Crippen LogP contribution is 2.19. The van der Waals surface area contributed by atoms with Crippen LogP contribution in [-0.4, -0.2) is 6.04 Å². The van der Waals surface area contributed by atoms with Crippen LogP contribution < -0.4 is 10.1 Å². The van der Waals surface area contributed by atoms with E-state index in [0.717, 1.165) is 29.3 Å². The van der Waals surface area contributed by atoms with E-state index in [2.05, 4.69) is 31.3 Å². The molecule has 0 aromatic heterocycles. The number of halogens is 1. The van der Waals surface area contributed by atoms with Crippen LogP contribution in [0.2, 0.25) is 5.02 Å². The Kier molecular flexibility index (Phi) is 6.09. The first-order valence-corrected chi connectivity index (χ1v) is 7.75. The minimum atomic E-state index is 0.488. The molecule has 0 unspecified atom stereocenters. The van der Waals surface area contributed by atoms with Gasteiger partial charge < -0.3 is 10.1 Å². The fourth-order valence-electron chi connectivity index (χ4n) is 1.96. The van der Waals surface area contributed by atoms with Crippen molar-refractivity contribution in [2.75, 3.05) is 0 Å². The second-order valence-corrected chi connectivity index (χ2v) is 5.62. The minimum Gasteiger partial charge on any atom is -0.489 e. The van der Waals surface area contributed by atoms with Crippen molar-refractivity contribution in [3.8, 4) is 5.75 Å². The molecule has 0 aliphatic heterocycles. The van der Waals surface area contributed by atoms with Gasteiger partial charge in [-0.3, -0.25) is 0 Å². The number of nitrogens with one attached hydrogen (secondary N) is 1. The van der Waals surface area contributed by atoms with E-state index in [1.807, 2.05) is 36.4 Å². The van der Waals surface area contributed by atoms with Crippen LogP contribution in [0.3, 0.4) is 0 Å². The van der Waals surface area contributed by atoms with Gasteiger partial charge in [0.1, 0.15) is 12.4 Å². The summed E-state index contributed by atoms with van der Waals surface area (Å²) in [5.74, 6) is 0.873. The van der Waals surface area contributed by atoms with Gasteiger partial charge in [-0.05, 0) is 37.1 Å². The van der Waals surface area contributed by atoms with Crippen LogP contribution in [0.5, 0.6) is 5.75 Å². The number of hydrogen-bond acceptors (Lipinski definition) is 2. The lowest BCUT2D eigenvalue weighted by Crippen LogP contribution is -2.24. The fraction of sp³-hybridized carbons (Fsp3) is 0.333. The van der Waals surface area contributed by atoms with Crippen molar-refractivity contribution in [2.24, 2.45) is 0 Å². The van der Waals surface area contributed by atoms with Crippen molar-refractivity contribution in [3.05, 3.63) is 64.7 Å². The van der Waals surface area contributed by atoms with Crippen molar-refractivity contribution in [1.29, 1.82) is 0 Å². The molecule has 0 radical (unpaired) electrons. The highest BCUT2D eigenvalue weighted by atomic mass is 35.5. The smallest absolute Gasteiger partial charge is 0.120 e. The van der Waals surface area contributed by atoms with Crippen molar-refractivity contribution in [3.63, 3.8) is 0 Å². The van der Waals surface area contributed by atoms with Gasteiger partial charge in [-0.1, -0.05) is 48.9 Å². The van der Waals surface area contributed by atoms with Gasteiger partial charge in [-0.2, -0.15) is 0 Å². The van der Waals surface area contributed by atoms with E-state index < -0.39 is 0 Å². The third-order valence-corrected chi connectivity index (χ3v) is 3.89. The largest absolute Gasteiger partial charge is 0.489 e. The molecular weight excluding hydrogens is 282 g/mol. The van der Waals surface area contributed by atoms with Crippen molar-refractivity contribution in [1.82, 2.24) is 5.32 Å². The lowest BCUT2D eigenvalue weighted by atomic mass is 10.2. The second-order valence-electron chi connectivity index (χ2n) is 5.22. The predicted molar refractivity (Wildman–Crippen MR) is 88.8 cm³/mol. The molecule has 0 bridgehead atoms. The zero-order chi connectivity index (χ0) is 15.1. The van der Waals surface area contributed by atoms with Crippen LogP contribution in [0.4, 0.5) is 0 Å². The molecule has 2 aromatic rings. The number of ether oxygens (including phenoxy) is 1. The first-order valence-electron chi connectivity index (χ1n) is 7.37. The van der Waals surface area contributed by atoms with Crippen LogP contribution in [0.15, 0.2) is 48.5 Å². The maximum absolute atomic E-state index is 6.13. The van der Waals surface area contributed by atoms with Gasteiger partial charge in [0.15, 0.2) is 0 Å². The van der Waals surface area contributed by atoms with E-state index >= 15 is 0 Å². The Hall–Kier alpha value is -1.51. The normalized spacial score (nSPS) is 12.1. The second kappa shape index (κ2) is 8.06. The summed E-state index contributed by atoms with van der Waals surface area (Å²) in [5.41, 5.74) is 2.23. The van der Waals surface area contributed by atoms with Gasteiger partial charge in [0.05, 0.1) is 0 Å². The third kappa shape index (κ3) is 5.07. The molecule has 0 fully saturated rings. The summed E-state index contributed by atoms with van der Waals surface area (Å²) < 4.78 is 5.83. The van der Waals surface area contributed by atoms with E-state index in [-0.39, 0.29) is 0 Å². The first-order chi connectivity index (χ1) is 10.2. The molecule has 0 saturated carbocycles. The van der Waals surface area contributed by atoms with Crippen LogP contribution in [0, 0.1) is 0 Å². The van der Waals surface area contributed by atoms with Crippen molar-refractivity contribution >= 4 is 11.6 Å². The van der Waals surface area contributed by atoms with E-state index in [1.165, 1.54) is 5.56 Å². The molecule has 1 N–H and O–H groups in total. The summed E-state index contributed by atoms with van der Waals surface area (Å²) in [6.07, 6.45) is 1.13. The summed E-state index contributed by atoms with van der Waals surface area (Å²) in [4.78, 5) is 0. The standard InChI is InChI=1S/C18H22ClNO/c1-3-14(2)20-12-15-7-6-9-17(11-15)21-13-16-8-4-5-10-18(16)19/h4-11,14,20H,3,12-13H2,1-2H3/t14-/m0/s1. The first kappa shape index (κ1) is 15.9. The van der Waals surface area contributed by atoms with Gasteiger partial charge in [-0.25, -0.2) is 0 Å². The number of hydrogen-bond donors (Lipinski definition) is 1. The fourth-order valence-corrected chi connectivity index (χ4v) is 2.15. The van der Waals surface area contributed by atoms with Gasteiger partial charge in [0.2, 0.25) is 0 Å². The molecule has 2 nitrogen and oxygen atoms in total. The summed E-state index contributed by atoms with van der Waals surface area (Å²) in [6.45, 7) is 5.72. The van der Waals surface area contributed by atoms with Gasteiger partial charge in [-0.15, -0.1) is 0 Å². The molecule has 0 spiro atoms. The Labute approximate surface area is 132 Å². The maximum atomic E-state index is 6.13. The monoisotopic (exact) mass is 303 g/mol. The van der Waals surface area contributed by atoms with Crippen LogP contribution in [0.1, 0.15) is 31.4 Å². The van der Waals surface area contributed by atoms with Crippen LogP contribution >= 0.6 is 11.6 Å².